The van der Waals surface area contributed by atoms with Crippen LogP contribution in [0.5, 0.6) is 0 Å². The summed E-state index contributed by atoms with van der Waals surface area (Å²) in [4.78, 5) is 33.3. The highest BCUT2D eigenvalue weighted by Gasteiger charge is 2.39. The Morgan fingerprint density at radius 2 is 1.94 bits per heavy atom. The lowest BCUT2D eigenvalue weighted by molar-refractivity contribution is -0.144. The Labute approximate surface area is 96.7 Å². The zero-order valence-electron chi connectivity index (χ0n) is 8.79. The van der Waals surface area contributed by atoms with Crippen LogP contribution >= 0.6 is 0 Å². The van der Waals surface area contributed by atoms with E-state index in [1.807, 2.05) is 0 Å². The van der Waals surface area contributed by atoms with Gasteiger partial charge in [0.15, 0.2) is 5.78 Å². The van der Waals surface area contributed by atoms with Gasteiger partial charge in [0.1, 0.15) is 0 Å². The second-order valence-electron chi connectivity index (χ2n) is 4.01. The number of carboxylic acids is 2. The number of fused-ring (bicyclic) bond motifs is 1. The molecule has 0 amide bonds. The third kappa shape index (κ3) is 1.91. The molecule has 0 spiro atoms. The SMILES string of the molecule is O=C1C=CC2C(=CC=C(C(=O)O)C2C(=O)O)C1. The van der Waals surface area contributed by atoms with Crippen LogP contribution in [0, 0.1) is 11.8 Å². The molecule has 2 N–H and O–H groups in total. The normalized spacial score (nSPS) is 26.9. The summed E-state index contributed by atoms with van der Waals surface area (Å²) < 4.78 is 0. The van der Waals surface area contributed by atoms with Crippen LogP contribution in [0.25, 0.3) is 0 Å². The molecule has 5 heteroatoms. The zero-order chi connectivity index (χ0) is 12.6. The lowest BCUT2D eigenvalue weighted by atomic mass is 9.73. The third-order valence-electron chi connectivity index (χ3n) is 2.98. The summed E-state index contributed by atoms with van der Waals surface area (Å²) in [5.74, 6) is -4.16. The molecule has 0 aromatic heterocycles. The maximum Gasteiger partial charge on any atom is 0.332 e. The number of carboxylic acid groups (broad SMARTS) is 2. The van der Waals surface area contributed by atoms with E-state index in [1.54, 1.807) is 0 Å². The largest absolute Gasteiger partial charge is 0.481 e. The molecule has 0 fully saturated rings. The topological polar surface area (TPSA) is 91.7 Å². The number of carbonyl (C=O) groups is 3. The summed E-state index contributed by atoms with van der Waals surface area (Å²) in [7, 11) is 0. The van der Waals surface area contributed by atoms with Crippen LogP contribution in [0.2, 0.25) is 0 Å². The van der Waals surface area contributed by atoms with Crippen molar-refractivity contribution in [2.45, 2.75) is 6.42 Å². The van der Waals surface area contributed by atoms with E-state index in [-0.39, 0.29) is 17.8 Å². The predicted octanol–water partition coefficient (Wildman–Crippen LogP) is 0.783. The van der Waals surface area contributed by atoms with Gasteiger partial charge in [0, 0.05) is 12.3 Å². The Morgan fingerprint density at radius 1 is 1.24 bits per heavy atom. The molecule has 0 radical (unpaired) electrons. The van der Waals surface area contributed by atoms with Gasteiger partial charge in [-0.25, -0.2) is 4.79 Å². The van der Waals surface area contributed by atoms with Crippen LogP contribution in [-0.4, -0.2) is 27.9 Å². The Bertz CT molecular complexity index is 495. The van der Waals surface area contributed by atoms with Gasteiger partial charge in [0.2, 0.25) is 0 Å². The van der Waals surface area contributed by atoms with Crippen molar-refractivity contribution in [2.75, 3.05) is 0 Å². The van der Waals surface area contributed by atoms with Gasteiger partial charge in [-0.15, -0.1) is 0 Å². The summed E-state index contributed by atoms with van der Waals surface area (Å²) in [6, 6.07) is 0. The molecule has 0 aliphatic heterocycles. The summed E-state index contributed by atoms with van der Waals surface area (Å²) >= 11 is 0. The Hall–Kier alpha value is -2.17. The fraction of sp³-hybridized carbons (Fsp3) is 0.250. The fourth-order valence-electron chi connectivity index (χ4n) is 2.19. The molecule has 0 aromatic carbocycles. The van der Waals surface area contributed by atoms with E-state index >= 15 is 0 Å². The third-order valence-corrected chi connectivity index (χ3v) is 2.98. The van der Waals surface area contributed by atoms with E-state index < -0.39 is 23.8 Å². The smallest absolute Gasteiger partial charge is 0.332 e. The van der Waals surface area contributed by atoms with Gasteiger partial charge in [-0.2, -0.15) is 0 Å². The van der Waals surface area contributed by atoms with Crippen LogP contribution in [0.4, 0.5) is 0 Å². The summed E-state index contributed by atoms with van der Waals surface area (Å²) in [5.41, 5.74) is 0.514. The summed E-state index contributed by atoms with van der Waals surface area (Å²) in [6.07, 6.45) is 5.78. The van der Waals surface area contributed by atoms with Crippen LogP contribution in [-0.2, 0) is 14.4 Å². The molecule has 0 aromatic rings. The van der Waals surface area contributed by atoms with Gasteiger partial charge in [-0.1, -0.05) is 23.8 Å². The van der Waals surface area contributed by atoms with Crippen molar-refractivity contribution in [1.82, 2.24) is 0 Å². The first-order chi connectivity index (χ1) is 8.00. The number of carbonyl (C=O) groups excluding carboxylic acids is 1. The molecule has 17 heavy (non-hydrogen) atoms. The molecule has 0 heterocycles. The van der Waals surface area contributed by atoms with Crippen LogP contribution in [0.1, 0.15) is 6.42 Å². The fourth-order valence-corrected chi connectivity index (χ4v) is 2.19. The molecule has 0 bridgehead atoms. The monoisotopic (exact) mass is 234 g/mol. The number of hydrogen-bond donors (Lipinski definition) is 2. The Kier molecular flexibility index (Phi) is 2.67. The van der Waals surface area contributed by atoms with Gasteiger partial charge in [-0.3, -0.25) is 9.59 Å². The molecule has 2 atom stereocenters. The second kappa shape index (κ2) is 4.01. The molecule has 5 nitrogen and oxygen atoms in total. The average molecular weight is 234 g/mol. The van der Waals surface area contributed by atoms with E-state index in [2.05, 4.69) is 0 Å². The summed E-state index contributed by atoms with van der Waals surface area (Å²) in [5, 5.41) is 18.1. The van der Waals surface area contributed by atoms with Crippen molar-refractivity contribution < 1.29 is 24.6 Å². The predicted molar refractivity (Wildman–Crippen MR) is 57.2 cm³/mol. The van der Waals surface area contributed by atoms with E-state index in [9.17, 15) is 14.4 Å². The molecule has 2 aliphatic rings. The highest BCUT2D eigenvalue weighted by atomic mass is 16.4. The first-order valence-electron chi connectivity index (χ1n) is 5.08. The number of aliphatic carboxylic acids is 2. The first kappa shape index (κ1) is 11.3. The van der Waals surface area contributed by atoms with Gasteiger partial charge in [0.05, 0.1) is 11.5 Å². The Morgan fingerprint density at radius 3 is 2.53 bits per heavy atom. The van der Waals surface area contributed by atoms with Crippen molar-refractivity contribution in [3.05, 3.63) is 35.5 Å². The zero-order valence-corrected chi connectivity index (χ0v) is 8.79. The van der Waals surface area contributed by atoms with E-state index in [0.29, 0.717) is 5.57 Å². The first-order valence-corrected chi connectivity index (χ1v) is 5.08. The molecule has 2 unspecified atom stereocenters. The second-order valence-corrected chi connectivity index (χ2v) is 4.01. The van der Waals surface area contributed by atoms with Gasteiger partial charge in [0.25, 0.3) is 0 Å². The molecule has 2 rings (SSSR count). The minimum absolute atomic E-state index is 0.0937. The van der Waals surface area contributed by atoms with Gasteiger partial charge >= 0.3 is 11.9 Å². The minimum atomic E-state index is -1.24. The van der Waals surface area contributed by atoms with E-state index in [0.717, 1.165) is 0 Å². The maximum absolute atomic E-state index is 11.2. The number of hydrogen-bond acceptors (Lipinski definition) is 3. The Balaban J connectivity index is 2.47. The van der Waals surface area contributed by atoms with Crippen LogP contribution < -0.4 is 0 Å². The number of ketones is 1. The van der Waals surface area contributed by atoms with E-state index in [4.69, 9.17) is 10.2 Å². The van der Waals surface area contributed by atoms with Crippen LogP contribution in [0.15, 0.2) is 35.5 Å². The van der Waals surface area contributed by atoms with Gasteiger partial charge < -0.3 is 10.2 Å². The minimum Gasteiger partial charge on any atom is -0.481 e. The van der Waals surface area contributed by atoms with Crippen molar-refractivity contribution in [1.29, 1.82) is 0 Å². The highest BCUT2D eigenvalue weighted by molar-refractivity contribution is 5.98. The highest BCUT2D eigenvalue weighted by Crippen LogP contribution is 2.36. The van der Waals surface area contributed by atoms with E-state index in [1.165, 1.54) is 24.3 Å². The lowest BCUT2D eigenvalue weighted by Gasteiger charge is -2.29. The van der Waals surface area contributed by atoms with Crippen molar-refractivity contribution >= 4 is 17.7 Å². The molecular weight excluding hydrogens is 224 g/mol. The average Bonchev–Trinajstić information content (AvgIpc) is 2.26. The molecule has 2 aliphatic carbocycles. The summed E-state index contributed by atoms with van der Waals surface area (Å²) in [6.45, 7) is 0. The molecular formula is C12H10O5. The number of rotatable bonds is 2. The molecule has 0 saturated heterocycles. The maximum atomic E-state index is 11.2. The van der Waals surface area contributed by atoms with Crippen molar-refractivity contribution in [3.63, 3.8) is 0 Å². The quantitative estimate of drug-likeness (QED) is 0.736. The molecule has 88 valence electrons. The van der Waals surface area contributed by atoms with Gasteiger partial charge in [-0.05, 0) is 6.08 Å². The lowest BCUT2D eigenvalue weighted by Crippen LogP contribution is -2.33. The standard InChI is InChI=1S/C12H10O5/c13-7-2-4-8-6(5-7)1-3-9(11(14)15)10(8)12(16)17/h1-4,8,10H,5H2,(H,14,15)(H,16,17). The van der Waals surface area contributed by atoms with Crippen molar-refractivity contribution in [3.8, 4) is 0 Å². The van der Waals surface area contributed by atoms with Crippen molar-refractivity contribution in [2.24, 2.45) is 11.8 Å². The van der Waals surface area contributed by atoms with Crippen LogP contribution in [0.3, 0.4) is 0 Å². The molecule has 0 saturated carbocycles. The number of allylic oxidation sites excluding steroid dienone is 5.